The van der Waals surface area contributed by atoms with Gasteiger partial charge in [0.15, 0.2) is 0 Å². The van der Waals surface area contributed by atoms with Crippen molar-refractivity contribution in [1.82, 2.24) is 0 Å². The first kappa shape index (κ1) is 9.39. The predicted molar refractivity (Wildman–Crippen MR) is 34.4 cm³/mol. The van der Waals surface area contributed by atoms with Gasteiger partial charge in [0.2, 0.25) is 0 Å². The van der Waals surface area contributed by atoms with E-state index in [-0.39, 0.29) is 13.0 Å². The fraction of sp³-hybridized carbons (Fsp3) is 0.667. The quantitative estimate of drug-likeness (QED) is 0.548. The van der Waals surface area contributed by atoms with Gasteiger partial charge in [-0.05, 0) is 0 Å². The number of carbonyl (C=O) groups is 1. The van der Waals surface area contributed by atoms with Crippen LogP contribution in [0, 0.1) is 6.61 Å². The summed E-state index contributed by atoms with van der Waals surface area (Å²) in [6.45, 7) is 2.03. The molecule has 4 heteroatoms. The van der Waals surface area contributed by atoms with Gasteiger partial charge in [-0.15, -0.1) is 0 Å². The third kappa shape index (κ3) is 7.39. The third-order valence-electron chi connectivity index (χ3n) is 0.786. The van der Waals surface area contributed by atoms with Gasteiger partial charge >= 0.3 is 5.97 Å². The molecule has 0 aromatic heterocycles. The molecule has 0 fully saturated rings. The number of carboxylic acid groups (broad SMARTS) is 1. The molecule has 0 aromatic rings. The van der Waals surface area contributed by atoms with E-state index in [1.54, 1.807) is 0 Å². The summed E-state index contributed by atoms with van der Waals surface area (Å²) in [7, 11) is 1.54. The van der Waals surface area contributed by atoms with E-state index in [9.17, 15) is 4.79 Å². The van der Waals surface area contributed by atoms with Crippen LogP contribution in [-0.4, -0.2) is 31.4 Å². The lowest BCUT2D eigenvalue weighted by atomic mass is 10.5. The second-order valence-electron chi connectivity index (χ2n) is 1.64. The van der Waals surface area contributed by atoms with Crippen LogP contribution < -0.4 is 0 Å². The van der Waals surface area contributed by atoms with Gasteiger partial charge in [0, 0.05) is 7.11 Å². The standard InChI is InChI=1S/C6H11O4/c1-9-4-5-10-3-2-6(7)8/h5H,2-4H2,1H3,(H,7,8). The molecule has 0 spiro atoms. The summed E-state index contributed by atoms with van der Waals surface area (Å²) in [4.78, 5) is 9.91. The van der Waals surface area contributed by atoms with Gasteiger partial charge in [-0.1, -0.05) is 0 Å². The average Bonchev–Trinajstić information content (AvgIpc) is 1.87. The topological polar surface area (TPSA) is 55.8 Å². The Balaban J connectivity index is 2.84. The molecule has 0 saturated carbocycles. The van der Waals surface area contributed by atoms with E-state index in [0.717, 1.165) is 0 Å². The van der Waals surface area contributed by atoms with Crippen molar-refractivity contribution >= 4 is 5.97 Å². The summed E-state index contributed by atoms with van der Waals surface area (Å²) >= 11 is 0. The number of methoxy groups -OCH3 is 1. The summed E-state index contributed by atoms with van der Waals surface area (Å²) in [5.74, 6) is -0.856. The van der Waals surface area contributed by atoms with Crippen LogP contribution in [0.1, 0.15) is 6.42 Å². The Bertz CT molecular complexity index is 91.7. The lowest BCUT2D eigenvalue weighted by Gasteiger charge is -1.98. The lowest BCUT2D eigenvalue weighted by Crippen LogP contribution is -2.03. The average molecular weight is 147 g/mol. The van der Waals surface area contributed by atoms with Crippen molar-refractivity contribution in [2.24, 2.45) is 0 Å². The van der Waals surface area contributed by atoms with Crippen LogP contribution >= 0.6 is 0 Å². The molecule has 0 unspecified atom stereocenters. The van der Waals surface area contributed by atoms with Crippen LogP contribution in [-0.2, 0) is 14.3 Å². The second-order valence-corrected chi connectivity index (χ2v) is 1.64. The number of carboxylic acids is 1. The fourth-order valence-corrected chi connectivity index (χ4v) is 0.346. The van der Waals surface area contributed by atoms with Crippen molar-refractivity contribution < 1.29 is 19.4 Å². The number of rotatable bonds is 6. The molecule has 4 nitrogen and oxygen atoms in total. The molecule has 1 radical (unpaired) electrons. The summed E-state index contributed by atoms with van der Waals surface area (Å²) in [5, 5.41) is 8.14. The first-order valence-electron chi connectivity index (χ1n) is 2.91. The van der Waals surface area contributed by atoms with Gasteiger partial charge in [-0.25, -0.2) is 0 Å². The maximum Gasteiger partial charge on any atom is 0.305 e. The second kappa shape index (κ2) is 6.51. The molecule has 0 aromatic carbocycles. The zero-order valence-corrected chi connectivity index (χ0v) is 5.87. The Labute approximate surface area is 59.7 Å². The smallest absolute Gasteiger partial charge is 0.305 e. The highest BCUT2D eigenvalue weighted by molar-refractivity contribution is 5.66. The largest absolute Gasteiger partial charge is 0.481 e. The molecule has 0 amide bonds. The normalized spacial score (nSPS) is 9.70. The van der Waals surface area contributed by atoms with Gasteiger partial charge in [0.05, 0.1) is 19.6 Å². The van der Waals surface area contributed by atoms with Gasteiger partial charge in [0.1, 0.15) is 6.61 Å². The van der Waals surface area contributed by atoms with Crippen molar-refractivity contribution in [1.29, 1.82) is 0 Å². The Morgan fingerprint density at radius 2 is 2.40 bits per heavy atom. The van der Waals surface area contributed by atoms with Crippen molar-refractivity contribution in [2.45, 2.75) is 6.42 Å². The number of ether oxygens (including phenoxy) is 2. The molecule has 0 bridgehead atoms. The SMILES string of the molecule is COC[CH]OCCC(=O)O. The molecular formula is C6H11O4. The Morgan fingerprint density at radius 1 is 1.70 bits per heavy atom. The van der Waals surface area contributed by atoms with Crippen molar-refractivity contribution in [2.75, 3.05) is 20.3 Å². The highest BCUT2D eigenvalue weighted by atomic mass is 16.5. The third-order valence-corrected chi connectivity index (χ3v) is 0.786. The van der Waals surface area contributed by atoms with E-state index in [1.165, 1.54) is 13.7 Å². The predicted octanol–water partition coefficient (Wildman–Crippen LogP) is 0.286. The lowest BCUT2D eigenvalue weighted by molar-refractivity contribution is -0.138. The van der Waals surface area contributed by atoms with Gasteiger partial charge in [-0.2, -0.15) is 0 Å². The van der Waals surface area contributed by atoms with Crippen molar-refractivity contribution in [3.8, 4) is 0 Å². The zero-order valence-electron chi connectivity index (χ0n) is 5.87. The van der Waals surface area contributed by atoms with Crippen LogP contribution in [0.2, 0.25) is 0 Å². The molecule has 1 N–H and O–H groups in total. The summed E-state index contributed by atoms with van der Waals surface area (Å²) in [6, 6.07) is 0. The van der Waals surface area contributed by atoms with Crippen LogP contribution in [0.3, 0.4) is 0 Å². The Kier molecular flexibility index (Phi) is 6.11. The Hall–Kier alpha value is -0.610. The number of hydrogen-bond donors (Lipinski definition) is 1. The fourth-order valence-electron chi connectivity index (χ4n) is 0.346. The summed E-state index contributed by atoms with van der Waals surface area (Å²) < 4.78 is 9.37. The van der Waals surface area contributed by atoms with E-state index in [0.29, 0.717) is 6.61 Å². The number of aliphatic carboxylic acids is 1. The molecule has 0 aliphatic heterocycles. The van der Waals surface area contributed by atoms with E-state index in [2.05, 4.69) is 4.74 Å². The zero-order chi connectivity index (χ0) is 7.82. The van der Waals surface area contributed by atoms with Crippen LogP contribution in [0.4, 0.5) is 0 Å². The van der Waals surface area contributed by atoms with Crippen LogP contribution in [0.15, 0.2) is 0 Å². The van der Waals surface area contributed by atoms with E-state index >= 15 is 0 Å². The van der Waals surface area contributed by atoms with Gasteiger partial charge < -0.3 is 14.6 Å². The highest BCUT2D eigenvalue weighted by Crippen LogP contribution is 1.86. The van der Waals surface area contributed by atoms with Gasteiger partial charge in [0.25, 0.3) is 0 Å². The molecule has 0 atom stereocenters. The monoisotopic (exact) mass is 147 g/mol. The minimum absolute atomic E-state index is 0.0280. The first-order valence-corrected chi connectivity index (χ1v) is 2.91. The molecule has 0 saturated heterocycles. The van der Waals surface area contributed by atoms with Gasteiger partial charge in [-0.3, -0.25) is 4.79 Å². The molecule has 59 valence electrons. The first-order chi connectivity index (χ1) is 4.77. The molecule has 0 aliphatic rings. The summed E-state index contributed by atoms with van der Waals surface area (Å²) in [5.41, 5.74) is 0. The highest BCUT2D eigenvalue weighted by Gasteiger charge is 1.95. The maximum atomic E-state index is 9.91. The molecule has 10 heavy (non-hydrogen) atoms. The number of hydrogen-bond acceptors (Lipinski definition) is 3. The van der Waals surface area contributed by atoms with Crippen molar-refractivity contribution in [3.05, 3.63) is 6.61 Å². The van der Waals surface area contributed by atoms with E-state index in [1.807, 2.05) is 0 Å². The molecule has 0 heterocycles. The molecular weight excluding hydrogens is 136 g/mol. The molecule has 0 aliphatic carbocycles. The van der Waals surface area contributed by atoms with E-state index in [4.69, 9.17) is 9.84 Å². The summed E-state index contributed by atoms with van der Waals surface area (Å²) in [6.07, 6.45) is 0.0280. The molecule has 0 rings (SSSR count). The Morgan fingerprint density at radius 3 is 2.90 bits per heavy atom. The van der Waals surface area contributed by atoms with Crippen molar-refractivity contribution in [3.63, 3.8) is 0 Å². The maximum absolute atomic E-state index is 9.91. The van der Waals surface area contributed by atoms with Crippen LogP contribution in [0.5, 0.6) is 0 Å². The van der Waals surface area contributed by atoms with Crippen LogP contribution in [0.25, 0.3) is 0 Å². The minimum Gasteiger partial charge on any atom is -0.481 e. The minimum atomic E-state index is -0.856. The van der Waals surface area contributed by atoms with E-state index < -0.39 is 5.97 Å².